The molecule has 0 aliphatic carbocycles. The van der Waals surface area contributed by atoms with Crippen molar-refractivity contribution in [2.45, 2.75) is 51.7 Å². The molecule has 0 saturated carbocycles. The summed E-state index contributed by atoms with van der Waals surface area (Å²) in [7, 11) is 2.06. The van der Waals surface area contributed by atoms with Gasteiger partial charge in [0.15, 0.2) is 5.82 Å². The highest BCUT2D eigenvalue weighted by atomic mass is 16.5. The minimum atomic E-state index is -0.0849. The molecule has 5 heteroatoms. The Bertz CT molecular complexity index is 378. The Hall–Kier alpha value is -0.940. The third-order valence-electron chi connectivity index (χ3n) is 3.06. The van der Waals surface area contributed by atoms with Crippen LogP contribution in [0.1, 0.15) is 45.3 Å². The molecule has 1 aliphatic heterocycles. The highest BCUT2D eigenvalue weighted by Crippen LogP contribution is 2.20. The average molecular weight is 253 g/mol. The Morgan fingerprint density at radius 2 is 2.17 bits per heavy atom. The zero-order valence-corrected chi connectivity index (χ0v) is 11.8. The molecular weight excluding hydrogens is 230 g/mol. The quantitative estimate of drug-likeness (QED) is 0.821. The topological polar surface area (TPSA) is 51.4 Å². The van der Waals surface area contributed by atoms with E-state index in [0.29, 0.717) is 18.5 Å². The van der Waals surface area contributed by atoms with E-state index in [9.17, 15) is 0 Å². The second-order valence-electron chi connectivity index (χ2n) is 6.10. The van der Waals surface area contributed by atoms with Crippen molar-refractivity contribution in [3.63, 3.8) is 0 Å². The molecule has 1 aromatic heterocycles. The number of ether oxygens (including phenoxy) is 1. The smallest absolute Gasteiger partial charge is 0.232 e. The average Bonchev–Trinajstić information content (AvgIpc) is 2.87. The lowest BCUT2D eigenvalue weighted by atomic mass is 9.97. The molecule has 1 aromatic rings. The first-order valence-corrected chi connectivity index (χ1v) is 6.58. The van der Waals surface area contributed by atoms with Gasteiger partial charge in [0.1, 0.15) is 0 Å². The zero-order chi connectivity index (χ0) is 13.2. The van der Waals surface area contributed by atoms with Gasteiger partial charge in [0.25, 0.3) is 0 Å². The molecule has 1 atom stereocenters. The number of nitrogens with zero attached hydrogens (tertiary/aromatic N) is 3. The molecular formula is C13H23N3O2. The van der Waals surface area contributed by atoms with Crippen LogP contribution in [0, 0.1) is 0 Å². The van der Waals surface area contributed by atoms with E-state index in [1.54, 1.807) is 0 Å². The van der Waals surface area contributed by atoms with Gasteiger partial charge in [0.2, 0.25) is 5.89 Å². The van der Waals surface area contributed by atoms with E-state index in [2.05, 4.69) is 42.9 Å². The molecule has 1 aliphatic rings. The highest BCUT2D eigenvalue weighted by molar-refractivity contribution is 4.98. The molecule has 1 fully saturated rings. The molecule has 18 heavy (non-hydrogen) atoms. The van der Waals surface area contributed by atoms with Gasteiger partial charge in [-0.1, -0.05) is 25.9 Å². The van der Waals surface area contributed by atoms with Gasteiger partial charge in [-0.2, -0.15) is 4.98 Å². The summed E-state index contributed by atoms with van der Waals surface area (Å²) < 4.78 is 10.9. The van der Waals surface area contributed by atoms with Crippen molar-refractivity contribution in [1.82, 2.24) is 15.0 Å². The molecule has 1 saturated heterocycles. The minimum Gasteiger partial charge on any atom is -0.377 e. The van der Waals surface area contributed by atoms with Crippen molar-refractivity contribution >= 4 is 0 Å². The predicted molar refractivity (Wildman–Crippen MR) is 68.3 cm³/mol. The molecule has 0 aromatic carbocycles. The standard InChI is InChI=1S/C13H23N3O2/c1-13(2,3)12-14-11(15-18-12)9-16(4)8-10-6-5-7-17-10/h10H,5-9H2,1-4H3/t10-/m0/s1. The first-order chi connectivity index (χ1) is 8.45. The third-order valence-corrected chi connectivity index (χ3v) is 3.06. The highest BCUT2D eigenvalue weighted by Gasteiger charge is 2.23. The van der Waals surface area contributed by atoms with E-state index < -0.39 is 0 Å². The summed E-state index contributed by atoms with van der Waals surface area (Å²) in [5, 5.41) is 4.03. The molecule has 2 rings (SSSR count). The van der Waals surface area contributed by atoms with E-state index in [0.717, 1.165) is 25.4 Å². The van der Waals surface area contributed by atoms with Gasteiger partial charge in [0, 0.05) is 18.6 Å². The molecule has 0 bridgehead atoms. The maximum atomic E-state index is 5.61. The van der Waals surface area contributed by atoms with Crippen LogP contribution in [0.3, 0.4) is 0 Å². The monoisotopic (exact) mass is 253 g/mol. The molecule has 0 N–H and O–H groups in total. The number of hydrogen-bond acceptors (Lipinski definition) is 5. The van der Waals surface area contributed by atoms with E-state index in [-0.39, 0.29) is 5.41 Å². The van der Waals surface area contributed by atoms with Crippen LogP contribution in [0.25, 0.3) is 0 Å². The Kier molecular flexibility index (Phi) is 4.02. The summed E-state index contributed by atoms with van der Waals surface area (Å²) >= 11 is 0. The van der Waals surface area contributed by atoms with Crippen molar-refractivity contribution in [2.24, 2.45) is 0 Å². The third kappa shape index (κ3) is 3.53. The maximum Gasteiger partial charge on any atom is 0.232 e. The van der Waals surface area contributed by atoms with Gasteiger partial charge in [-0.25, -0.2) is 0 Å². The number of aromatic nitrogens is 2. The largest absolute Gasteiger partial charge is 0.377 e. The zero-order valence-electron chi connectivity index (χ0n) is 11.8. The van der Waals surface area contributed by atoms with Gasteiger partial charge in [-0.05, 0) is 19.9 Å². The van der Waals surface area contributed by atoms with E-state index in [4.69, 9.17) is 9.26 Å². The lowest BCUT2D eigenvalue weighted by molar-refractivity contribution is 0.0784. The van der Waals surface area contributed by atoms with Gasteiger partial charge in [-0.3, -0.25) is 4.90 Å². The molecule has 102 valence electrons. The first-order valence-electron chi connectivity index (χ1n) is 6.58. The van der Waals surface area contributed by atoms with Crippen molar-refractivity contribution < 1.29 is 9.26 Å². The van der Waals surface area contributed by atoms with Gasteiger partial charge < -0.3 is 9.26 Å². The summed E-state index contributed by atoms with van der Waals surface area (Å²) in [4.78, 5) is 6.62. The Morgan fingerprint density at radius 3 is 2.72 bits per heavy atom. The van der Waals surface area contributed by atoms with Gasteiger partial charge in [-0.15, -0.1) is 0 Å². The van der Waals surface area contributed by atoms with Crippen LogP contribution in [-0.4, -0.2) is 41.3 Å². The summed E-state index contributed by atoms with van der Waals surface area (Å²) in [6, 6.07) is 0. The molecule has 0 radical (unpaired) electrons. The SMILES string of the molecule is CN(Cc1noc(C(C)(C)C)n1)C[C@@H]1CCCO1. The predicted octanol–water partition coefficient (Wildman–Crippen LogP) is 1.98. The van der Waals surface area contributed by atoms with Crippen LogP contribution in [0.2, 0.25) is 0 Å². The van der Waals surface area contributed by atoms with Gasteiger partial charge in [0.05, 0.1) is 12.6 Å². The number of hydrogen-bond donors (Lipinski definition) is 0. The Labute approximate surface area is 108 Å². The lowest BCUT2D eigenvalue weighted by Crippen LogP contribution is -2.28. The normalized spacial score (nSPS) is 20.8. The molecule has 0 unspecified atom stereocenters. The minimum absolute atomic E-state index is 0.0849. The van der Waals surface area contributed by atoms with Crippen molar-refractivity contribution in [2.75, 3.05) is 20.2 Å². The fraction of sp³-hybridized carbons (Fsp3) is 0.846. The number of rotatable bonds is 4. The van der Waals surface area contributed by atoms with Crippen LogP contribution in [-0.2, 0) is 16.7 Å². The van der Waals surface area contributed by atoms with Crippen LogP contribution in [0.4, 0.5) is 0 Å². The van der Waals surface area contributed by atoms with Crippen molar-refractivity contribution in [3.8, 4) is 0 Å². The van der Waals surface area contributed by atoms with Crippen LogP contribution < -0.4 is 0 Å². The maximum absolute atomic E-state index is 5.61. The summed E-state index contributed by atoms with van der Waals surface area (Å²) in [5.74, 6) is 1.45. The number of likely N-dealkylation sites (N-methyl/N-ethyl adjacent to an activating group) is 1. The fourth-order valence-corrected chi connectivity index (χ4v) is 2.06. The summed E-state index contributed by atoms with van der Waals surface area (Å²) in [6.45, 7) is 8.74. The second kappa shape index (κ2) is 5.36. The van der Waals surface area contributed by atoms with Crippen LogP contribution in [0.15, 0.2) is 4.52 Å². The van der Waals surface area contributed by atoms with Crippen LogP contribution in [0.5, 0.6) is 0 Å². The molecule has 2 heterocycles. The second-order valence-corrected chi connectivity index (χ2v) is 6.10. The first kappa shape index (κ1) is 13.5. The lowest BCUT2D eigenvalue weighted by Gasteiger charge is -2.18. The molecule has 0 spiro atoms. The Morgan fingerprint density at radius 1 is 1.39 bits per heavy atom. The summed E-state index contributed by atoms with van der Waals surface area (Å²) in [6.07, 6.45) is 2.70. The van der Waals surface area contributed by atoms with Crippen molar-refractivity contribution in [3.05, 3.63) is 11.7 Å². The fourth-order valence-electron chi connectivity index (χ4n) is 2.06. The molecule has 0 amide bonds. The van der Waals surface area contributed by atoms with E-state index >= 15 is 0 Å². The van der Waals surface area contributed by atoms with E-state index in [1.165, 1.54) is 6.42 Å². The van der Waals surface area contributed by atoms with E-state index in [1.807, 2.05) is 0 Å². The Balaban J connectivity index is 1.86. The molecule has 5 nitrogen and oxygen atoms in total. The van der Waals surface area contributed by atoms with Gasteiger partial charge >= 0.3 is 0 Å². The van der Waals surface area contributed by atoms with Crippen molar-refractivity contribution in [1.29, 1.82) is 0 Å². The van der Waals surface area contributed by atoms with Crippen LogP contribution >= 0.6 is 0 Å². The summed E-state index contributed by atoms with van der Waals surface area (Å²) in [5.41, 5.74) is -0.0849.